The van der Waals surface area contributed by atoms with Gasteiger partial charge in [0.05, 0.1) is 21.8 Å². The molecule has 0 unspecified atom stereocenters. The molecule has 0 atom stereocenters. The van der Waals surface area contributed by atoms with Crippen molar-refractivity contribution < 1.29 is 0 Å². The van der Waals surface area contributed by atoms with Crippen LogP contribution >= 0.6 is 34.9 Å². The minimum absolute atomic E-state index is 1.03. The van der Waals surface area contributed by atoms with E-state index in [1.165, 1.54) is 111 Å². The highest BCUT2D eigenvalue weighted by molar-refractivity contribution is 8.00. The summed E-state index contributed by atoms with van der Waals surface area (Å²) in [7, 11) is 0. The van der Waals surface area contributed by atoms with Gasteiger partial charge in [-0.05, 0) is 79.2 Å². The van der Waals surface area contributed by atoms with Crippen LogP contribution in [0.5, 0.6) is 0 Å². The Morgan fingerprint density at radius 2 is 0.912 bits per heavy atom. The number of nitrogens with zero attached hydrogens (tertiary/aromatic N) is 1. The number of fused-ring (bicyclic) bond motifs is 15. The minimum atomic E-state index is 1.03. The van der Waals surface area contributed by atoms with Crippen LogP contribution in [0.25, 0.3) is 63.3 Å². The summed E-state index contributed by atoms with van der Waals surface area (Å²) in [6.07, 6.45) is 1.03. The van der Waals surface area contributed by atoms with Crippen molar-refractivity contribution in [1.29, 1.82) is 0 Å². The zero-order valence-electron chi connectivity index (χ0n) is 30.8. The molecular weight excluding hydrogens is 747 g/mol. The van der Waals surface area contributed by atoms with E-state index in [2.05, 4.69) is 193 Å². The molecule has 4 heteroatoms. The van der Waals surface area contributed by atoms with Crippen LogP contribution in [-0.4, -0.2) is 0 Å². The maximum atomic E-state index is 2.52. The van der Waals surface area contributed by atoms with Crippen molar-refractivity contribution in [2.75, 3.05) is 4.90 Å². The van der Waals surface area contributed by atoms with E-state index in [0.717, 1.165) is 6.42 Å². The first-order chi connectivity index (χ1) is 28.3. The Balaban J connectivity index is 0.000000139. The highest BCUT2D eigenvalue weighted by atomic mass is 32.2. The molecule has 3 heterocycles. The van der Waals surface area contributed by atoms with E-state index < -0.39 is 0 Å². The Bertz CT molecular complexity index is 3330. The lowest BCUT2D eigenvalue weighted by Gasteiger charge is -2.35. The van der Waals surface area contributed by atoms with Crippen LogP contribution in [0.4, 0.5) is 17.1 Å². The largest absolute Gasteiger partial charge is 0.306 e. The smallest absolute Gasteiger partial charge is 0.0680 e. The van der Waals surface area contributed by atoms with Gasteiger partial charge in [0.25, 0.3) is 0 Å². The van der Waals surface area contributed by atoms with Crippen LogP contribution in [0.3, 0.4) is 0 Å². The minimum Gasteiger partial charge on any atom is -0.306 e. The number of rotatable bonds is 1. The fourth-order valence-corrected chi connectivity index (χ4v) is 12.5. The molecular formula is C53H33NS3. The van der Waals surface area contributed by atoms with Crippen LogP contribution in [0, 0.1) is 0 Å². The van der Waals surface area contributed by atoms with Crippen molar-refractivity contribution in [2.45, 2.75) is 26.0 Å². The van der Waals surface area contributed by atoms with Crippen LogP contribution in [0.15, 0.2) is 208 Å². The topological polar surface area (TPSA) is 3.24 Å². The van der Waals surface area contributed by atoms with Crippen LogP contribution in [-0.2, 0) is 6.42 Å². The fraction of sp³-hybridized carbons (Fsp3) is 0.0189. The molecule has 0 spiro atoms. The molecule has 0 fully saturated rings. The summed E-state index contributed by atoms with van der Waals surface area (Å²) >= 11 is 5.72. The maximum absolute atomic E-state index is 2.52. The molecule has 0 saturated carbocycles. The Morgan fingerprint density at radius 1 is 0.368 bits per heavy atom. The van der Waals surface area contributed by atoms with Crippen molar-refractivity contribution in [3.05, 3.63) is 199 Å². The first kappa shape index (κ1) is 33.1. The zero-order valence-corrected chi connectivity index (χ0v) is 33.2. The molecule has 57 heavy (non-hydrogen) atoms. The van der Waals surface area contributed by atoms with E-state index in [4.69, 9.17) is 0 Å². The van der Waals surface area contributed by atoms with E-state index in [0.29, 0.717) is 0 Å². The number of anilines is 3. The Kier molecular flexibility index (Phi) is 7.72. The first-order valence-corrected chi connectivity index (χ1v) is 21.8. The number of benzene rings is 10. The highest BCUT2D eigenvalue weighted by Gasteiger charge is 2.30. The van der Waals surface area contributed by atoms with Gasteiger partial charge in [-0.25, -0.2) is 0 Å². The van der Waals surface area contributed by atoms with Crippen LogP contribution < -0.4 is 4.90 Å². The Morgan fingerprint density at radius 3 is 1.68 bits per heavy atom. The van der Waals surface area contributed by atoms with E-state index in [1.54, 1.807) is 0 Å². The van der Waals surface area contributed by atoms with Crippen molar-refractivity contribution >= 4 is 115 Å². The molecule has 0 radical (unpaired) electrons. The van der Waals surface area contributed by atoms with Crippen molar-refractivity contribution in [2.24, 2.45) is 0 Å². The third-order valence-corrected chi connectivity index (χ3v) is 15.2. The van der Waals surface area contributed by atoms with Gasteiger partial charge in [-0.2, -0.15) is 0 Å². The molecule has 11 aromatic rings. The number of hydrogen-bond donors (Lipinski definition) is 0. The maximum Gasteiger partial charge on any atom is 0.0680 e. The number of hydrogen-bond acceptors (Lipinski definition) is 4. The van der Waals surface area contributed by atoms with E-state index in [1.807, 2.05) is 34.9 Å². The van der Waals surface area contributed by atoms with Gasteiger partial charge < -0.3 is 4.90 Å². The second kappa shape index (κ2) is 13.3. The SMILES string of the molecule is c1ccc2c3c(ccc2c1)N(c1cccc2c1sc1ccccc12)c1c(ccc2ccccc12)S3.c1ccc2c3c(ccc2c1)Sc1c(ccc2ccccc12)C3. The molecule has 10 aromatic carbocycles. The number of thiophene rings is 1. The van der Waals surface area contributed by atoms with Gasteiger partial charge in [0.15, 0.2) is 0 Å². The molecule has 2 aliphatic rings. The monoisotopic (exact) mass is 779 g/mol. The van der Waals surface area contributed by atoms with E-state index in [9.17, 15) is 0 Å². The summed E-state index contributed by atoms with van der Waals surface area (Å²) < 4.78 is 2.66. The van der Waals surface area contributed by atoms with Gasteiger partial charge in [-0.3, -0.25) is 0 Å². The van der Waals surface area contributed by atoms with Crippen molar-refractivity contribution in [3.8, 4) is 0 Å². The first-order valence-electron chi connectivity index (χ1n) is 19.4. The lowest BCUT2D eigenvalue weighted by Crippen LogP contribution is -2.15. The fourth-order valence-electron chi connectivity index (χ4n) is 8.89. The second-order valence-corrected chi connectivity index (χ2v) is 17.9. The van der Waals surface area contributed by atoms with Crippen LogP contribution in [0.1, 0.15) is 11.1 Å². The van der Waals surface area contributed by atoms with E-state index >= 15 is 0 Å². The van der Waals surface area contributed by atoms with Gasteiger partial charge in [0.2, 0.25) is 0 Å². The molecule has 0 N–H and O–H groups in total. The average molecular weight is 780 g/mol. The summed E-state index contributed by atoms with van der Waals surface area (Å²) in [6.45, 7) is 0. The predicted octanol–water partition coefficient (Wildman–Crippen LogP) is 16.3. The Hall–Kier alpha value is -6.04. The van der Waals surface area contributed by atoms with Gasteiger partial charge >= 0.3 is 0 Å². The molecule has 13 rings (SSSR count). The van der Waals surface area contributed by atoms with Gasteiger partial charge in [-0.1, -0.05) is 181 Å². The Labute approximate surface area is 343 Å². The zero-order chi connectivity index (χ0) is 37.5. The lowest BCUT2D eigenvalue weighted by molar-refractivity contribution is 1.09. The second-order valence-electron chi connectivity index (χ2n) is 14.8. The molecule has 2 aliphatic heterocycles. The predicted molar refractivity (Wildman–Crippen MR) is 248 cm³/mol. The molecule has 0 amide bonds. The third-order valence-electron chi connectivity index (χ3n) is 11.6. The van der Waals surface area contributed by atoms with Crippen molar-refractivity contribution in [1.82, 2.24) is 0 Å². The third kappa shape index (κ3) is 5.32. The molecule has 1 nitrogen and oxygen atoms in total. The summed E-state index contributed by atoms with van der Waals surface area (Å²) in [5.41, 5.74) is 6.71. The molecule has 0 bridgehead atoms. The quantitative estimate of drug-likeness (QED) is 0.163. The molecule has 1 aromatic heterocycles. The summed E-state index contributed by atoms with van der Waals surface area (Å²) in [6, 6.07) is 68.7. The van der Waals surface area contributed by atoms with E-state index in [-0.39, 0.29) is 0 Å². The standard InChI is InChI=1S/C32H19NS2.C21H14S/c1-3-10-22-20(8-1)17-19-29-30(22)33(27-18-16-21-9-2-4-11-23(21)31(27)35-29)26-14-7-13-25-24-12-5-6-15-28(24)34-32(25)26;1-3-7-17-14(5-1)11-12-20-19(17)13-16-10-9-15-6-2-4-8-18(15)21(16)22-20/h1-19H;1-12H,13H2. The van der Waals surface area contributed by atoms with Gasteiger partial charge in [0.1, 0.15) is 0 Å². The average Bonchev–Trinajstić information content (AvgIpc) is 3.67. The molecule has 0 aliphatic carbocycles. The highest BCUT2D eigenvalue weighted by Crippen LogP contribution is 2.57. The molecule has 0 saturated heterocycles. The van der Waals surface area contributed by atoms with Crippen LogP contribution in [0.2, 0.25) is 0 Å². The summed E-state index contributed by atoms with van der Waals surface area (Å²) in [5.74, 6) is 0. The summed E-state index contributed by atoms with van der Waals surface area (Å²) in [4.78, 5) is 7.98. The van der Waals surface area contributed by atoms with Gasteiger partial charge in [-0.15, -0.1) is 11.3 Å². The van der Waals surface area contributed by atoms with Gasteiger partial charge in [0, 0.05) is 46.9 Å². The summed E-state index contributed by atoms with van der Waals surface area (Å²) in [5, 5.41) is 13.2. The normalized spacial score (nSPS) is 13.0. The molecule has 268 valence electrons. The van der Waals surface area contributed by atoms with Crippen molar-refractivity contribution in [3.63, 3.8) is 0 Å². The lowest BCUT2D eigenvalue weighted by atomic mass is 9.96.